The van der Waals surface area contributed by atoms with Crippen molar-refractivity contribution in [2.24, 2.45) is 0 Å². The normalized spacial score (nSPS) is 13.0. The minimum atomic E-state index is -3.30. The van der Waals surface area contributed by atoms with Crippen LogP contribution in [0.2, 0.25) is 0 Å². The van der Waals surface area contributed by atoms with Crippen molar-refractivity contribution < 1.29 is 14.0 Å². The minimum absolute atomic E-state index is 0.0259. The van der Waals surface area contributed by atoms with Crippen LogP contribution in [0.25, 0.3) is 10.9 Å². The molecule has 0 aliphatic heterocycles. The SMILES string of the molecule is CC(OP(=O)(NCCBr)NCCBr)c1ccc([N+](=O)[O-])c2cccnc12. The van der Waals surface area contributed by atoms with E-state index in [0.717, 1.165) is 0 Å². The highest BCUT2D eigenvalue weighted by molar-refractivity contribution is 9.09. The summed E-state index contributed by atoms with van der Waals surface area (Å²) in [4.78, 5) is 15.1. The van der Waals surface area contributed by atoms with Gasteiger partial charge in [-0.2, -0.15) is 0 Å². The smallest absolute Gasteiger partial charge is 0.298 e. The Labute approximate surface area is 168 Å². The second-order valence-corrected chi connectivity index (χ2v) is 8.86. The van der Waals surface area contributed by atoms with E-state index in [9.17, 15) is 14.7 Å². The molecule has 1 aromatic heterocycles. The van der Waals surface area contributed by atoms with Crippen LogP contribution >= 0.6 is 39.5 Å². The fourth-order valence-corrected chi connectivity index (χ4v) is 5.10. The quantitative estimate of drug-likeness (QED) is 0.213. The Balaban J connectivity index is 2.36. The first-order valence-electron chi connectivity index (χ1n) is 7.84. The lowest BCUT2D eigenvalue weighted by Crippen LogP contribution is -2.27. The molecule has 0 bridgehead atoms. The Kier molecular flexibility index (Phi) is 8.12. The summed E-state index contributed by atoms with van der Waals surface area (Å²) in [7, 11) is -3.30. The molecule has 2 rings (SSSR count). The molecule has 0 saturated heterocycles. The number of fused-ring (bicyclic) bond motifs is 1. The van der Waals surface area contributed by atoms with E-state index in [2.05, 4.69) is 47.0 Å². The van der Waals surface area contributed by atoms with Gasteiger partial charge < -0.3 is 0 Å². The van der Waals surface area contributed by atoms with E-state index in [4.69, 9.17) is 4.52 Å². The maximum atomic E-state index is 13.0. The van der Waals surface area contributed by atoms with Crippen molar-refractivity contribution in [3.63, 3.8) is 0 Å². The number of nitro benzene ring substituents is 1. The van der Waals surface area contributed by atoms with Crippen LogP contribution in [0.15, 0.2) is 30.5 Å². The number of nitrogens with one attached hydrogen (secondary N) is 2. The highest BCUT2D eigenvalue weighted by atomic mass is 79.9. The molecular weight excluding hydrogens is 491 g/mol. The lowest BCUT2D eigenvalue weighted by atomic mass is 10.0. The average molecular weight is 510 g/mol. The summed E-state index contributed by atoms with van der Waals surface area (Å²) in [5.74, 6) is 0. The van der Waals surface area contributed by atoms with Gasteiger partial charge in [0.25, 0.3) is 5.69 Å². The number of aromatic nitrogens is 1. The van der Waals surface area contributed by atoms with Crippen LogP contribution in [-0.4, -0.2) is 33.7 Å². The van der Waals surface area contributed by atoms with Gasteiger partial charge in [-0.25, -0.2) is 10.2 Å². The van der Waals surface area contributed by atoms with Gasteiger partial charge in [0, 0.05) is 41.6 Å². The second kappa shape index (κ2) is 9.87. The molecular formula is C15H19Br2N4O4P. The lowest BCUT2D eigenvalue weighted by molar-refractivity contribution is -0.383. The molecule has 1 heterocycles. The standard InChI is InChI=1S/C15H19Br2N4O4P/c1-11(25-26(24,19-9-6-16)20-10-7-17)12-4-5-14(21(22)23)13-3-2-8-18-15(12)13/h2-5,8,11H,6-7,9-10H2,1H3,(H2,19,20,24). The predicted octanol–water partition coefficient (Wildman–Crippen LogP) is 4.30. The molecule has 8 nitrogen and oxygen atoms in total. The third-order valence-corrected chi connectivity index (χ3v) is 6.23. The molecule has 0 amide bonds. The largest absolute Gasteiger partial charge is 0.341 e. The Morgan fingerprint density at radius 2 is 1.92 bits per heavy atom. The first-order chi connectivity index (χ1) is 12.4. The summed E-state index contributed by atoms with van der Waals surface area (Å²) >= 11 is 6.57. The molecule has 0 fully saturated rings. The molecule has 0 saturated carbocycles. The molecule has 1 unspecified atom stereocenters. The Morgan fingerprint density at radius 3 is 2.50 bits per heavy atom. The summed E-state index contributed by atoms with van der Waals surface area (Å²) in [6, 6.07) is 6.30. The number of benzene rings is 1. The van der Waals surface area contributed by atoms with Crippen molar-refractivity contribution >= 4 is 56.1 Å². The van der Waals surface area contributed by atoms with E-state index in [-0.39, 0.29) is 5.69 Å². The van der Waals surface area contributed by atoms with Gasteiger partial charge in [0.15, 0.2) is 0 Å². The zero-order chi connectivity index (χ0) is 19.2. The number of non-ortho nitro benzene ring substituents is 1. The van der Waals surface area contributed by atoms with E-state index in [1.807, 2.05) is 0 Å². The first-order valence-corrected chi connectivity index (χ1v) is 11.7. The van der Waals surface area contributed by atoms with Gasteiger partial charge in [-0.05, 0) is 25.1 Å². The molecule has 11 heteroatoms. The molecule has 1 atom stereocenters. The molecule has 0 aliphatic carbocycles. The van der Waals surface area contributed by atoms with E-state index >= 15 is 0 Å². The van der Waals surface area contributed by atoms with Crippen molar-refractivity contribution in [1.29, 1.82) is 0 Å². The van der Waals surface area contributed by atoms with Crippen LogP contribution < -0.4 is 10.2 Å². The first kappa shape index (κ1) is 21.4. The van der Waals surface area contributed by atoms with Crippen molar-refractivity contribution in [3.05, 3.63) is 46.1 Å². The van der Waals surface area contributed by atoms with Gasteiger partial charge in [-0.1, -0.05) is 31.9 Å². The maximum Gasteiger partial charge on any atom is 0.341 e. The number of hydrogen-bond donors (Lipinski definition) is 2. The number of nitro groups is 1. The van der Waals surface area contributed by atoms with E-state index < -0.39 is 18.7 Å². The Hall–Kier alpha value is -0.900. The molecule has 0 spiro atoms. The highest BCUT2D eigenvalue weighted by Crippen LogP contribution is 2.44. The maximum absolute atomic E-state index is 13.0. The van der Waals surface area contributed by atoms with Crippen molar-refractivity contribution in [2.45, 2.75) is 13.0 Å². The third-order valence-electron chi connectivity index (χ3n) is 3.55. The van der Waals surface area contributed by atoms with Crippen LogP contribution in [-0.2, 0) is 9.09 Å². The van der Waals surface area contributed by atoms with Gasteiger partial charge >= 0.3 is 7.67 Å². The van der Waals surface area contributed by atoms with Crippen molar-refractivity contribution in [1.82, 2.24) is 15.2 Å². The van der Waals surface area contributed by atoms with Crippen LogP contribution in [0.3, 0.4) is 0 Å². The highest BCUT2D eigenvalue weighted by Gasteiger charge is 2.27. The minimum Gasteiger partial charge on any atom is -0.298 e. The van der Waals surface area contributed by atoms with Gasteiger partial charge in [0.2, 0.25) is 0 Å². The Morgan fingerprint density at radius 1 is 1.27 bits per heavy atom. The van der Waals surface area contributed by atoms with Gasteiger partial charge in [0.1, 0.15) is 0 Å². The number of nitrogens with zero attached hydrogens (tertiary/aromatic N) is 2. The van der Waals surface area contributed by atoms with Crippen LogP contribution in [0.4, 0.5) is 5.69 Å². The predicted molar refractivity (Wildman–Crippen MR) is 109 cm³/mol. The Bertz CT molecular complexity index is 811. The average Bonchev–Trinajstić information content (AvgIpc) is 2.63. The number of rotatable bonds is 10. The summed E-state index contributed by atoms with van der Waals surface area (Å²) in [5.41, 5.74) is 1.07. The van der Waals surface area contributed by atoms with E-state index in [1.54, 1.807) is 31.3 Å². The topological polar surface area (TPSA) is 106 Å². The number of alkyl halides is 2. The molecule has 2 aromatic rings. The van der Waals surface area contributed by atoms with Crippen LogP contribution in [0.5, 0.6) is 0 Å². The fraction of sp³-hybridized carbons (Fsp3) is 0.400. The van der Waals surface area contributed by atoms with Crippen LogP contribution in [0.1, 0.15) is 18.6 Å². The molecule has 2 N–H and O–H groups in total. The van der Waals surface area contributed by atoms with Crippen molar-refractivity contribution in [2.75, 3.05) is 23.7 Å². The zero-order valence-electron chi connectivity index (χ0n) is 14.0. The molecule has 0 radical (unpaired) electrons. The van der Waals surface area contributed by atoms with Gasteiger partial charge in [-0.15, -0.1) is 0 Å². The van der Waals surface area contributed by atoms with Crippen LogP contribution in [0, 0.1) is 10.1 Å². The summed E-state index contributed by atoms with van der Waals surface area (Å²) in [5, 5.41) is 18.7. The van der Waals surface area contributed by atoms with E-state index in [1.165, 1.54) is 6.07 Å². The summed E-state index contributed by atoms with van der Waals surface area (Å²) in [6.07, 6.45) is 0.971. The summed E-state index contributed by atoms with van der Waals surface area (Å²) in [6.45, 7) is 2.66. The zero-order valence-corrected chi connectivity index (χ0v) is 18.1. The third kappa shape index (κ3) is 5.31. The molecule has 26 heavy (non-hydrogen) atoms. The number of hydrogen-bond acceptors (Lipinski definition) is 5. The number of halogens is 2. The van der Waals surface area contributed by atoms with Gasteiger partial charge in [0.05, 0.1) is 21.9 Å². The molecule has 142 valence electrons. The lowest BCUT2D eigenvalue weighted by Gasteiger charge is -2.24. The van der Waals surface area contributed by atoms with Crippen molar-refractivity contribution in [3.8, 4) is 0 Å². The monoisotopic (exact) mass is 508 g/mol. The fourth-order valence-electron chi connectivity index (χ4n) is 2.46. The number of pyridine rings is 1. The van der Waals surface area contributed by atoms with Gasteiger partial charge in [-0.3, -0.25) is 24.2 Å². The summed E-state index contributed by atoms with van der Waals surface area (Å²) < 4.78 is 18.8. The second-order valence-electron chi connectivity index (χ2n) is 5.32. The molecule has 0 aliphatic rings. The van der Waals surface area contributed by atoms with E-state index in [0.29, 0.717) is 40.2 Å². The molecule has 1 aromatic carbocycles.